The highest BCUT2D eigenvalue weighted by Crippen LogP contribution is 2.81. The predicted molar refractivity (Wildman–Crippen MR) is 198 cm³/mol. The van der Waals surface area contributed by atoms with Crippen LogP contribution in [0.2, 0.25) is 0 Å². The molecule has 51 heavy (non-hydrogen) atoms. The molecule has 6 aliphatic rings. The first-order valence-electron chi connectivity index (χ1n) is 20.1. The van der Waals surface area contributed by atoms with E-state index in [2.05, 4.69) is 26.0 Å². The number of epoxide rings is 1. The average Bonchev–Trinajstić information content (AvgIpc) is 3.45. The molecule has 0 aromatic carbocycles. The summed E-state index contributed by atoms with van der Waals surface area (Å²) >= 11 is 0. The zero-order valence-corrected chi connectivity index (χ0v) is 31.8. The second-order valence-corrected chi connectivity index (χ2v) is 17.8. The summed E-state index contributed by atoms with van der Waals surface area (Å²) in [7, 11) is 0. The van der Waals surface area contributed by atoms with Gasteiger partial charge >= 0.3 is 5.97 Å². The van der Waals surface area contributed by atoms with Crippen LogP contribution in [0.15, 0.2) is 58.6 Å². The fourth-order valence-electron chi connectivity index (χ4n) is 11.8. The Balaban J connectivity index is 0.000000196. The summed E-state index contributed by atoms with van der Waals surface area (Å²) in [5.41, 5.74) is -1.40. The Hall–Kier alpha value is -2.93. The minimum atomic E-state index is -0.901. The third kappa shape index (κ3) is 6.31. The fraction of sp³-hybridized carbons (Fsp3) is 0.705. The molecule has 3 fully saturated rings. The second-order valence-electron chi connectivity index (χ2n) is 17.8. The van der Waals surface area contributed by atoms with E-state index >= 15 is 0 Å². The van der Waals surface area contributed by atoms with Crippen LogP contribution in [0.3, 0.4) is 0 Å². The van der Waals surface area contributed by atoms with Gasteiger partial charge in [0.15, 0.2) is 11.5 Å². The molecule has 7 heteroatoms. The molecular weight excluding hydrogens is 640 g/mol. The van der Waals surface area contributed by atoms with Crippen LogP contribution in [-0.2, 0) is 19.1 Å². The molecule has 0 amide bonds. The van der Waals surface area contributed by atoms with Crippen LogP contribution >= 0.6 is 0 Å². The van der Waals surface area contributed by atoms with Gasteiger partial charge in [-0.2, -0.15) is 0 Å². The van der Waals surface area contributed by atoms with Gasteiger partial charge in [0.25, 0.3) is 0 Å². The molecule has 7 nitrogen and oxygen atoms in total. The molecule has 5 aliphatic carbocycles. The maximum absolute atomic E-state index is 14.0. The van der Waals surface area contributed by atoms with Crippen LogP contribution in [0.5, 0.6) is 0 Å². The van der Waals surface area contributed by atoms with Gasteiger partial charge in [-0.3, -0.25) is 14.4 Å². The van der Waals surface area contributed by atoms with Gasteiger partial charge in [-0.1, -0.05) is 89.9 Å². The highest BCUT2D eigenvalue weighted by atomic mass is 16.6. The van der Waals surface area contributed by atoms with E-state index in [1.165, 1.54) is 76.2 Å². The first-order chi connectivity index (χ1) is 24.2. The number of ether oxygens (including phenoxy) is 1. The first kappa shape index (κ1) is 37.8. The number of hydrogen-bond donors (Lipinski definition) is 2. The molecule has 2 heterocycles. The molecule has 1 saturated heterocycles. The number of furan rings is 1. The van der Waals surface area contributed by atoms with Gasteiger partial charge in [-0.05, 0) is 107 Å². The SMILES string of the molecule is CC1(C)C(=O)C=CC2(C)C1=C(O)C(=O)C1(C)C2CCC2(C)C(c3ccoc3)CC3OC321.O=C(O)CCCCCCCCCCCCC1C=CCC1. The molecule has 0 bridgehead atoms. The number of aliphatic carboxylic acids is 1. The second kappa shape index (κ2) is 14.5. The molecule has 7 rings (SSSR count). The van der Waals surface area contributed by atoms with Gasteiger partial charge in [0.05, 0.1) is 29.5 Å². The highest BCUT2D eigenvalue weighted by Gasteiger charge is 2.87. The van der Waals surface area contributed by atoms with Crippen molar-refractivity contribution in [2.75, 3.05) is 0 Å². The van der Waals surface area contributed by atoms with Gasteiger partial charge in [0.2, 0.25) is 5.78 Å². The monoisotopic (exact) mass is 702 g/mol. The third-order valence-electron chi connectivity index (χ3n) is 14.5. The molecule has 8 unspecified atom stereocenters. The van der Waals surface area contributed by atoms with E-state index in [1.54, 1.807) is 12.3 Å². The van der Waals surface area contributed by atoms with Crippen molar-refractivity contribution in [1.29, 1.82) is 0 Å². The number of ketones is 2. The molecular formula is C44H62O7. The normalized spacial score (nSPS) is 37.0. The summed E-state index contributed by atoms with van der Waals surface area (Å²) in [5.74, 6) is -0.0768. The van der Waals surface area contributed by atoms with Crippen LogP contribution in [0, 0.1) is 33.5 Å². The van der Waals surface area contributed by atoms with E-state index in [4.69, 9.17) is 14.3 Å². The zero-order chi connectivity index (χ0) is 36.7. The van der Waals surface area contributed by atoms with Crippen LogP contribution < -0.4 is 0 Å². The van der Waals surface area contributed by atoms with E-state index in [1.807, 2.05) is 39.2 Å². The summed E-state index contributed by atoms with van der Waals surface area (Å²) in [5, 5.41) is 19.9. The van der Waals surface area contributed by atoms with Crippen molar-refractivity contribution < 1.29 is 33.8 Å². The maximum atomic E-state index is 14.0. The Labute approximate surface area is 305 Å². The summed E-state index contributed by atoms with van der Waals surface area (Å²) in [6.45, 7) is 10.0. The number of Topliss-reactive ketones (excluding diaryl/α,β-unsaturated/α-hetero) is 1. The van der Waals surface area contributed by atoms with Crippen LogP contribution in [0.1, 0.15) is 155 Å². The van der Waals surface area contributed by atoms with Crippen molar-refractivity contribution in [3.8, 4) is 0 Å². The molecule has 8 atom stereocenters. The van der Waals surface area contributed by atoms with Crippen molar-refractivity contribution in [3.05, 3.63) is 59.8 Å². The van der Waals surface area contributed by atoms with Crippen molar-refractivity contribution >= 4 is 17.5 Å². The Bertz CT molecular complexity index is 1550. The van der Waals surface area contributed by atoms with Gasteiger partial charge in [0, 0.05) is 17.3 Å². The van der Waals surface area contributed by atoms with Gasteiger partial charge < -0.3 is 19.4 Å². The number of allylic oxidation sites excluding steroid dienone is 6. The van der Waals surface area contributed by atoms with E-state index in [9.17, 15) is 19.5 Å². The van der Waals surface area contributed by atoms with Crippen molar-refractivity contribution in [2.45, 2.75) is 161 Å². The molecule has 0 radical (unpaired) electrons. The predicted octanol–water partition coefficient (Wildman–Crippen LogP) is 10.6. The van der Waals surface area contributed by atoms with E-state index in [0.29, 0.717) is 12.0 Å². The molecule has 2 N–H and O–H groups in total. The number of aliphatic hydroxyl groups is 1. The van der Waals surface area contributed by atoms with Crippen LogP contribution in [0.4, 0.5) is 0 Å². The number of unbranched alkanes of at least 4 members (excludes halogenated alkanes) is 9. The lowest BCUT2D eigenvalue weighted by Gasteiger charge is -2.62. The van der Waals surface area contributed by atoms with E-state index in [0.717, 1.165) is 38.0 Å². The largest absolute Gasteiger partial charge is 0.504 e. The number of carboxylic acid groups (broad SMARTS) is 1. The van der Waals surface area contributed by atoms with Crippen LogP contribution in [0.25, 0.3) is 0 Å². The molecule has 280 valence electrons. The Kier molecular flexibility index (Phi) is 10.7. The lowest BCUT2D eigenvalue weighted by molar-refractivity contribution is -0.162. The quantitative estimate of drug-likeness (QED) is 0.113. The van der Waals surface area contributed by atoms with Gasteiger partial charge in [-0.15, -0.1) is 0 Å². The summed E-state index contributed by atoms with van der Waals surface area (Å²) in [4.78, 5) is 37.1. The smallest absolute Gasteiger partial charge is 0.303 e. The lowest BCUT2D eigenvalue weighted by Crippen LogP contribution is -2.66. The summed E-state index contributed by atoms with van der Waals surface area (Å²) in [6.07, 6.45) is 31.7. The van der Waals surface area contributed by atoms with Gasteiger partial charge in [0.1, 0.15) is 5.60 Å². The molecule has 1 aromatic heterocycles. The Morgan fingerprint density at radius 2 is 1.59 bits per heavy atom. The van der Waals surface area contributed by atoms with Crippen molar-refractivity contribution in [2.24, 2.45) is 33.5 Å². The number of rotatable bonds is 14. The highest BCUT2D eigenvalue weighted by molar-refractivity contribution is 6.06. The number of fused-ring (bicyclic) bond motifs is 3. The number of carbonyl (C=O) groups is 3. The maximum Gasteiger partial charge on any atom is 0.303 e. The van der Waals surface area contributed by atoms with E-state index in [-0.39, 0.29) is 40.7 Å². The molecule has 1 aromatic rings. The summed E-state index contributed by atoms with van der Waals surface area (Å²) < 4.78 is 11.9. The number of carbonyl (C=O) groups excluding carboxylic acids is 2. The Morgan fingerprint density at radius 1 is 0.922 bits per heavy atom. The first-order valence-corrected chi connectivity index (χ1v) is 20.1. The van der Waals surface area contributed by atoms with Gasteiger partial charge in [-0.25, -0.2) is 0 Å². The molecule has 1 aliphatic heterocycles. The average molecular weight is 703 g/mol. The number of hydrogen-bond acceptors (Lipinski definition) is 6. The zero-order valence-electron chi connectivity index (χ0n) is 31.8. The summed E-state index contributed by atoms with van der Waals surface area (Å²) in [6, 6.07) is 2.03. The third-order valence-corrected chi connectivity index (χ3v) is 14.5. The topological polar surface area (TPSA) is 117 Å². The number of carboxylic acids is 1. The van der Waals surface area contributed by atoms with Crippen molar-refractivity contribution in [3.63, 3.8) is 0 Å². The fourth-order valence-corrected chi connectivity index (χ4v) is 11.8. The van der Waals surface area contributed by atoms with Crippen molar-refractivity contribution in [1.82, 2.24) is 0 Å². The standard InChI is InChI=1S/C26H30O5.C18H32O2/c1-22(2)17(27)7-9-23(3)16-6-10-24(4)15(14-8-11-30-13-14)12-18-26(24,31-18)25(16,5)21(29)19(28)20(22)23;19-18(20)16-10-8-6-4-2-1-3-5-7-9-13-17-14-11-12-15-17/h7-9,11,13,15-16,18,28H,6,10,12H2,1-5H3;11,14,17H,1-10,12-13,15-16H2,(H,19,20). The molecule has 2 saturated carbocycles. The van der Waals surface area contributed by atoms with E-state index < -0.39 is 27.8 Å². The lowest BCUT2D eigenvalue weighted by atomic mass is 9.39. The minimum Gasteiger partial charge on any atom is -0.504 e. The van der Waals surface area contributed by atoms with Crippen LogP contribution in [-0.4, -0.2) is 39.5 Å². The Morgan fingerprint density at radius 3 is 2.20 bits per heavy atom. The number of aliphatic hydroxyl groups excluding tert-OH is 1. The minimum absolute atomic E-state index is 0.00527. The molecule has 1 spiro atoms.